The van der Waals surface area contributed by atoms with Gasteiger partial charge in [0.1, 0.15) is 0 Å². The summed E-state index contributed by atoms with van der Waals surface area (Å²) in [7, 11) is 6.15. The van der Waals surface area contributed by atoms with Crippen molar-refractivity contribution in [2.75, 3.05) is 47.3 Å². The van der Waals surface area contributed by atoms with Gasteiger partial charge < -0.3 is 14.7 Å². The number of nitrogens with zero attached hydrogens (tertiary/aromatic N) is 4. The van der Waals surface area contributed by atoms with Gasteiger partial charge in [0.05, 0.1) is 11.6 Å². The highest BCUT2D eigenvalue weighted by atomic mass is 16.2. The number of likely N-dealkylation sites (tertiary alicyclic amines) is 1. The lowest BCUT2D eigenvalue weighted by Crippen LogP contribution is -2.44. The summed E-state index contributed by atoms with van der Waals surface area (Å²) in [6.45, 7) is 3.89. The van der Waals surface area contributed by atoms with Crippen molar-refractivity contribution >= 4 is 12.0 Å². The average molecular weight is 340 g/mol. The van der Waals surface area contributed by atoms with E-state index in [0.29, 0.717) is 18.2 Å². The Morgan fingerprint density at radius 3 is 2.72 bits per heavy atom. The van der Waals surface area contributed by atoms with E-state index in [1.54, 1.807) is 29.2 Å². The van der Waals surface area contributed by atoms with Crippen molar-refractivity contribution < 1.29 is 4.79 Å². The highest BCUT2D eigenvalue weighted by Crippen LogP contribution is 2.13. The van der Waals surface area contributed by atoms with Crippen molar-refractivity contribution in [3.05, 3.63) is 41.5 Å². The number of hydrogen-bond donors (Lipinski definition) is 0. The van der Waals surface area contributed by atoms with Crippen molar-refractivity contribution in [1.82, 2.24) is 14.7 Å². The molecule has 0 atom stereocenters. The van der Waals surface area contributed by atoms with E-state index in [-0.39, 0.29) is 5.91 Å². The van der Waals surface area contributed by atoms with Crippen molar-refractivity contribution in [2.24, 2.45) is 0 Å². The molecule has 0 bridgehead atoms. The Hall–Kier alpha value is -2.16. The number of carbonyl (C=O) groups is 1. The minimum Gasteiger partial charge on any atom is -0.341 e. The monoisotopic (exact) mass is 340 g/mol. The molecule has 1 fully saturated rings. The van der Waals surface area contributed by atoms with Crippen LogP contribution in [0.15, 0.2) is 30.3 Å². The molecule has 5 heteroatoms. The first-order valence-corrected chi connectivity index (χ1v) is 8.81. The van der Waals surface area contributed by atoms with E-state index in [9.17, 15) is 4.79 Å². The van der Waals surface area contributed by atoms with E-state index in [0.717, 1.165) is 25.2 Å². The van der Waals surface area contributed by atoms with Crippen LogP contribution in [0.3, 0.4) is 0 Å². The Labute approximate surface area is 151 Å². The predicted molar refractivity (Wildman–Crippen MR) is 101 cm³/mol. The Balaban J connectivity index is 1.79. The van der Waals surface area contributed by atoms with Crippen LogP contribution in [0, 0.1) is 11.3 Å². The smallest absolute Gasteiger partial charge is 0.246 e. The van der Waals surface area contributed by atoms with Gasteiger partial charge in [-0.3, -0.25) is 4.79 Å². The number of hydrogen-bond acceptors (Lipinski definition) is 4. The van der Waals surface area contributed by atoms with Gasteiger partial charge in [-0.05, 0) is 63.8 Å². The Morgan fingerprint density at radius 2 is 2.04 bits per heavy atom. The first-order valence-electron chi connectivity index (χ1n) is 8.81. The highest BCUT2D eigenvalue weighted by molar-refractivity contribution is 5.91. The van der Waals surface area contributed by atoms with Crippen LogP contribution in [0.4, 0.5) is 0 Å². The van der Waals surface area contributed by atoms with Crippen LogP contribution in [-0.4, -0.2) is 74.0 Å². The van der Waals surface area contributed by atoms with Crippen molar-refractivity contribution in [1.29, 1.82) is 5.26 Å². The molecule has 5 nitrogen and oxygen atoms in total. The third-order valence-electron chi connectivity index (χ3n) is 4.91. The number of rotatable bonds is 6. The van der Waals surface area contributed by atoms with Crippen LogP contribution < -0.4 is 0 Å². The van der Waals surface area contributed by atoms with Crippen LogP contribution >= 0.6 is 0 Å². The molecule has 1 amide bonds. The molecular weight excluding hydrogens is 312 g/mol. The lowest BCUT2D eigenvalue weighted by molar-refractivity contribution is -0.124. The molecule has 134 valence electrons. The molecule has 0 aromatic heterocycles. The molecule has 0 spiro atoms. The van der Waals surface area contributed by atoms with Crippen molar-refractivity contribution in [2.45, 2.75) is 18.9 Å². The molecule has 1 aromatic carbocycles. The second-order valence-corrected chi connectivity index (χ2v) is 6.85. The Bertz CT molecular complexity index is 641. The van der Waals surface area contributed by atoms with Gasteiger partial charge in [0.2, 0.25) is 5.91 Å². The van der Waals surface area contributed by atoms with Crippen LogP contribution in [0.25, 0.3) is 6.08 Å². The van der Waals surface area contributed by atoms with Gasteiger partial charge >= 0.3 is 0 Å². The molecule has 0 unspecified atom stereocenters. The van der Waals surface area contributed by atoms with Gasteiger partial charge in [-0.1, -0.05) is 12.1 Å². The topological polar surface area (TPSA) is 50.6 Å². The normalized spacial score (nSPS) is 16.3. The number of carbonyl (C=O) groups excluding carboxylic acids is 1. The van der Waals surface area contributed by atoms with Crippen molar-refractivity contribution in [3.8, 4) is 6.07 Å². The fourth-order valence-electron chi connectivity index (χ4n) is 3.04. The zero-order valence-corrected chi connectivity index (χ0v) is 15.5. The summed E-state index contributed by atoms with van der Waals surface area (Å²) in [4.78, 5) is 18.7. The molecule has 0 N–H and O–H groups in total. The standard InChI is InChI=1S/C20H28N4O/c1-22-11-9-19(10-12-22)23(2)13-14-24(3)20(25)8-7-17-5-4-6-18(15-17)16-21/h4-8,15,19H,9-14H2,1-3H3/b8-7-. The lowest BCUT2D eigenvalue weighted by Gasteiger charge is -2.35. The van der Waals surface area contributed by atoms with E-state index in [2.05, 4.69) is 30.0 Å². The molecule has 1 aliphatic rings. The minimum absolute atomic E-state index is 0.0147. The quantitative estimate of drug-likeness (QED) is 0.744. The molecule has 1 heterocycles. The fraction of sp³-hybridized carbons (Fsp3) is 0.500. The molecule has 1 saturated heterocycles. The van der Waals surface area contributed by atoms with E-state index < -0.39 is 0 Å². The zero-order valence-electron chi connectivity index (χ0n) is 15.5. The fourth-order valence-corrected chi connectivity index (χ4v) is 3.04. The first kappa shape index (κ1) is 19.2. The molecule has 0 saturated carbocycles. The number of amides is 1. The van der Waals surface area contributed by atoms with Crippen LogP contribution in [0.2, 0.25) is 0 Å². The maximum Gasteiger partial charge on any atom is 0.246 e. The Kier molecular flexibility index (Phi) is 7.17. The summed E-state index contributed by atoms with van der Waals surface area (Å²) in [5.41, 5.74) is 1.46. The SMILES string of the molecule is CN1CCC(N(C)CCN(C)C(=O)/C=C\c2cccc(C#N)c2)CC1. The maximum absolute atomic E-state index is 12.3. The molecule has 0 radical (unpaired) electrons. The van der Waals surface area contributed by atoms with Crippen LogP contribution in [0.1, 0.15) is 24.0 Å². The number of likely N-dealkylation sites (N-methyl/N-ethyl adjacent to an activating group) is 2. The van der Waals surface area contributed by atoms with Gasteiger partial charge in [0.25, 0.3) is 0 Å². The second kappa shape index (κ2) is 9.36. The largest absolute Gasteiger partial charge is 0.341 e. The average Bonchev–Trinajstić information content (AvgIpc) is 2.64. The summed E-state index contributed by atoms with van der Waals surface area (Å²) in [5.74, 6) is -0.0147. The summed E-state index contributed by atoms with van der Waals surface area (Å²) in [5, 5.41) is 8.92. The minimum atomic E-state index is -0.0147. The number of piperidine rings is 1. The molecule has 25 heavy (non-hydrogen) atoms. The third kappa shape index (κ3) is 6.00. The third-order valence-corrected chi connectivity index (χ3v) is 4.91. The van der Waals surface area contributed by atoms with Gasteiger partial charge in [-0.25, -0.2) is 0 Å². The first-order chi connectivity index (χ1) is 12.0. The molecule has 1 aliphatic heterocycles. The van der Waals surface area contributed by atoms with E-state index in [4.69, 9.17) is 5.26 Å². The zero-order chi connectivity index (χ0) is 18.2. The van der Waals surface area contributed by atoms with E-state index in [1.807, 2.05) is 19.2 Å². The maximum atomic E-state index is 12.3. The Morgan fingerprint density at radius 1 is 1.32 bits per heavy atom. The van der Waals surface area contributed by atoms with Gasteiger partial charge in [-0.15, -0.1) is 0 Å². The van der Waals surface area contributed by atoms with Gasteiger partial charge in [0, 0.05) is 32.3 Å². The summed E-state index contributed by atoms with van der Waals surface area (Å²) >= 11 is 0. The van der Waals surface area contributed by atoms with Crippen molar-refractivity contribution in [3.63, 3.8) is 0 Å². The summed E-state index contributed by atoms with van der Waals surface area (Å²) in [6.07, 6.45) is 5.73. The molecule has 2 rings (SSSR count). The van der Waals surface area contributed by atoms with Crippen LogP contribution in [0.5, 0.6) is 0 Å². The summed E-state index contributed by atoms with van der Waals surface area (Å²) in [6, 6.07) is 9.96. The highest BCUT2D eigenvalue weighted by Gasteiger charge is 2.20. The molecule has 1 aromatic rings. The van der Waals surface area contributed by atoms with Gasteiger partial charge in [0.15, 0.2) is 0 Å². The predicted octanol–water partition coefficient (Wildman–Crippen LogP) is 2.06. The van der Waals surface area contributed by atoms with E-state index in [1.165, 1.54) is 12.8 Å². The van der Waals surface area contributed by atoms with Gasteiger partial charge in [-0.2, -0.15) is 5.26 Å². The molecule has 0 aliphatic carbocycles. The number of nitriles is 1. The molecular formula is C20H28N4O. The second-order valence-electron chi connectivity index (χ2n) is 6.85. The van der Waals surface area contributed by atoms with Crippen LogP contribution in [-0.2, 0) is 4.79 Å². The van der Waals surface area contributed by atoms with E-state index >= 15 is 0 Å². The lowest BCUT2D eigenvalue weighted by atomic mass is 10.0. The summed E-state index contributed by atoms with van der Waals surface area (Å²) < 4.78 is 0. The number of benzene rings is 1.